The van der Waals surface area contributed by atoms with Crippen molar-refractivity contribution < 1.29 is 8.42 Å². The molecular weight excluding hydrogens is 350 g/mol. The van der Waals surface area contributed by atoms with Crippen LogP contribution in [0.15, 0.2) is 53.0 Å². The molecule has 2 aromatic rings. The monoisotopic (exact) mass is 367 g/mol. The van der Waals surface area contributed by atoms with Crippen molar-refractivity contribution in [3.8, 4) is 0 Å². The molecule has 0 heterocycles. The first-order chi connectivity index (χ1) is 9.89. The SMILES string of the molecule is Cc1c(Br)cccc1NS(=O)(=O)CC(C)c1ccccc1. The number of hydrogen-bond donors (Lipinski definition) is 1. The minimum absolute atomic E-state index is 0.0585. The molecule has 0 aliphatic heterocycles. The van der Waals surface area contributed by atoms with Gasteiger partial charge in [-0.25, -0.2) is 8.42 Å². The second kappa shape index (κ2) is 6.62. The topological polar surface area (TPSA) is 46.2 Å². The second-order valence-corrected chi connectivity index (χ2v) is 7.73. The van der Waals surface area contributed by atoms with Gasteiger partial charge in [0.1, 0.15) is 0 Å². The summed E-state index contributed by atoms with van der Waals surface area (Å²) < 4.78 is 28.2. The molecule has 0 spiro atoms. The molecule has 2 aromatic carbocycles. The van der Waals surface area contributed by atoms with Crippen molar-refractivity contribution in [2.24, 2.45) is 0 Å². The lowest BCUT2D eigenvalue weighted by Crippen LogP contribution is -2.21. The van der Waals surface area contributed by atoms with Crippen molar-refractivity contribution in [3.63, 3.8) is 0 Å². The van der Waals surface area contributed by atoms with Crippen LogP contribution in [-0.4, -0.2) is 14.2 Å². The Bertz CT molecular complexity index is 714. The van der Waals surface area contributed by atoms with Gasteiger partial charge in [-0.3, -0.25) is 4.72 Å². The highest BCUT2D eigenvalue weighted by atomic mass is 79.9. The van der Waals surface area contributed by atoms with Crippen LogP contribution < -0.4 is 4.72 Å². The van der Waals surface area contributed by atoms with Crippen molar-refractivity contribution in [2.75, 3.05) is 10.5 Å². The highest BCUT2D eigenvalue weighted by Crippen LogP contribution is 2.25. The van der Waals surface area contributed by atoms with Gasteiger partial charge in [-0.05, 0) is 36.1 Å². The molecule has 1 atom stereocenters. The van der Waals surface area contributed by atoms with Crippen LogP contribution in [0, 0.1) is 6.92 Å². The molecule has 0 aliphatic carbocycles. The van der Waals surface area contributed by atoms with Crippen LogP contribution in [-0.2, 0) is 10.0 Å². The van der Waals surface area contributed by atoms with Crippen LogP contribution in [0.4, 0.5) is 5.69 Å². The average Bonchev–Trinajstić information content (AvgIpc) is 2.44. The average molecular weight is 368 g/mol. The zero-order valence-corrected chi connectivity index (χ0v) is 14.4. The molecular formula is C16H18BrNO2S. The predicted molar refractivity (Wildman–Crippen MR) is 91.1 cm³/mol. The maximum atomic E-state index is 12.3. The summed E-state index contributed by atoms with van der Waals surface area (Å²) in [6.07, 6.45) is 0. The molecule has 0 saturated carbocycles. The van der Waals surface area contributed by atoms with E-state index >= 15 is 0 Å². The maximum Gasteiger partial charge on any atom is 0.233 e. The maximum absolute atomic E-state index is 12.3. The first-order valence-electron chi connectivity index (χ1n) is 6.69. The summed E-state index contributed by atoms with van der Waals surface area (Å²) in [5, 5.41) is 0. The quantitative estimate of drug-likeness (QED) is 0.855. The molecule has 21 heavy (non-hydrogen) atoms. The molecule has 0 radical (unpaired) electrons. The fourth-order valence-corrected chi connectivity index (χ4v) is 3.99. The Labute approximate surface area is 134 Å². The molecule has 0 bridgehead atoms. The van der Waals surface area contributed by atoms with Gasteiger partial charge in [0.15, 0.2) is 0 Å². The van der Waals surface area contributed by atoms with Gasteiger partial charge < -0.3 is 0 Å². The molecule has 0 saturated heterocycles. The van der Waals surface area contributed by atoms with E-state index < -0.39 is 10.0 Å². The molecule has 0 aromatic heterocycles. The summed E-state index contributed by atoms with van der Waals surface area (Å²) in [7, 11) is -3.39. The van der Waals surface area contributed by atoms with Gasteiger partial charge in [0.25, 0.3) is 0 Å². The van der Waals surface area contributed by atoms with Crippen LogP contribution in [0.1, 0.15) is 24.0 Å². The molecule has 5 heteroatoms. The molecule has 1 unspecified atom stereocenters. The Balaban J connectivity index is 2.14. The Morgan fingerprint density at radius 3 is 2.43 bits per heavy atom. The summed E-state index contributed by atoms with van der Waals surface area (Å²) in [6.45, 7) is 3.80. The Kier molecular flexibility index (Phi) is 5.06. The molecule has 0 aliphatic rings. The largest absolute Gasteiger partial charge is 0.283 e. The van der Waals surface area contributed by atoms with Gasteiger partial charge in [-0.2, -0.15) is 0 Å². The third-order valence-electron chi connectivity index (χ3n) is 3.37. The van der Waals surface area contributed by atoms with Gasteiger partial charge in [0, 0.05) is 4.47 Å². The molecule has 3 nitrogen and oxygen atoms in total. The van der Waals surface area contributed by atoms with Gasteiger partial charge >= 0.3 is 0 Å². The van der Waals surface area contributed by atoms with E-state index in [9.17, 15) is 8.42 Å². The number of hydrogen-bond acceptors (Lipinski definition) is 2. The standard InChI is InChI=1S/C16H18BrNO2S/c1-12(14-7-4-3-5-8-14)11-21(19,20)18-16-10-6-9-15(17)13(16)2/h3-10,12,18H,11H2,1-2H3. The van der Waals surface area contributed by atoms with E-state index in [2.05, 4.69) is 20.7 Å². The van der Waals surface area contributed by atoms with Crippen molar-refractivity contribution >= 4 is 31.6 Å². The lowest BCUT2D eigenvalue weighted by molar-refractivity contribution is 0.595. The van der Waals surface area contributed by atoms with Gasteiger partial charge in [0.05, 0.1) is 11.4 Å². The summed E-state index contributed by atoms with van der Waals surface area (Å²) in [5.74, 6) is -0.000613. The lowest BCUT2D eigenvalue weighted by Gasteiger charge is -2.15. The third kappa shape index (κ3) is 4.32. The Hall–Kier alpha value is -1.33. The van der Waals surface area contributed by atoms with E-state index in [1.165, 1.54) is 0 Å². The predicted octanol–water partition coefficient (Wildman–Crippen LogP) is 4.30. The van der Waals surface area contributed by atoms with Crippen molar-refractivity contribution in [1.29, 1.82) is 0 Å². The van der Waals surface area contributed by atoms with E-state index in [4.69, 9.17) is 0 Å². The summed E-state index contributed by atoms with van der Waals surface area (Å²) in [5.41, 5.74) is 2.52. The zero-order valence-electron chi connectivity index (χ0n) is 12.0. The van der Waals surface area contributed by atoms with Crippen LogP contribution in [0.2, 0.25) is 0 Å². The van der Waals surface area contributed by atoms with Gasteiger partial charge in [-0.1, -0.05) is 59.3 Å². The van der Waals surface area contributed by atoms with E-state index in [0.29, 0.717) is 5.69 Å². The van der Waals surface area contributed by atoms with Crippen molar-refractivity contribution in [3.05, 3.63) is 64.1 Å². The van der Waals surface area contributed by atoms with Crippen molar-refractivity contribution in [1.82, 2.24) is 0 Å². The Morgan fingerprint density at radius 2 is 1.76 bits per heavy atom. The number of sulfonamides is 1. The fraction of sp³-hybridized carbons (Fsp3) is 0.250. The molecule has 0 amide bonds. The third-order valence-corrected chi connectivity index (χ3v) is 5.70. The van der Waals surface area contributed by atoms with Crippen LogP contribution in [0.5, 0.6) is 0 Å². The summed E-state index contributed by atoms with van der Waals surface area (Å²) in [6, 6.07) is 15.1. The first kappa shape index (κ1) is 16.0. The Morgan fingerprint density at radius 1 is 1.10 bits per heavy atom. The lowest BCUT2D eigenvalue weighted by atomic mass is 10.0. The number of halogens is 1. The van der Waals surface area contributed by atoms with Gasteiger partial charge in [0.2, 0.25) is 10.0 Å². The highest BCUT2D eigenvalue weighted by Gasteiger charge is 2.18. The second-order valence-electron chi connectivity index (χ2n) is 5.11. The first-order valence-corrected chi connectivity index (χ1v) is 9.14. The smallest absolute Gasteiger partial charge is 0.233 e. The zero-order chi connectivity index (χ0) is 15.5. The van der Waals surface area contributed by atoms with Crippen molar-refractivity contribution in [2.45, 2.75) is 19.8 Å². The summed E-state index contributed by atoms with van der Waals surface area (Å²) in [4.78, 5) is 0. The fourth-order valence-electron chi connectivity index (χ4n) is 2.13. The molecule has 1 N–H and O–H groups in total. The highest BCUT2D eigenvalue weighted by molar-refractivity contribution is 9.10. The van der Waals surface area contributed by atoms with Gasteiger partial charge in [-0.15, -0.1) is 0 Å². The van der Waals surface area contributed by atoms with E-state index in [0.717, 1.165) is 15.6 Å². The van der Waals surface area contributed by atoms with E-state index in [1.807, 2.05) is 56.3 Å². The van der Waals surface area contributed by atoms with Crippen LogP contribution in [0.3, 0.4) is 0 Å². The number of nitrogens with one attached hydrogen (secondary N) is 1. The minimum atomic E-state index is -3.39. The van der Waals surface area contributed by atoms with E-state index in [-0.39, 0.29) is 11.7 Å². The normalized spacial score (nSPS) is 12.9. The number of benzene rings is 2. The minimum Gasteiger partial charge on any atom is -0.283 e. The van der Waals surface area contributed by atoms with Crippen LogP contribution >= 0.6 is 15.9 Å². The van der Waals surface area contributed by atoms with E-state index in [1.54, 1.807) is 6.07 Å². The number of anilines is 1. The number of rotatable bonds is 5. The summed E-state index contributed by atoms with van der Waals surface area (Å²) >= 11 is 3.41. The molecule has 112 valence electrons. The van der Waals surface area contributed by atoms with Crippen LogP contribution in [0.25, 0.3) is 0 Å². The molecule has 2 rings (SSSR count). The molecule has 0 fully saturated rings.